The second-order valence-corrected chi connectivity index (χ2v) is 7.57. The first kappa shape index (κ1) is 14.6. The second-order valence-electron chi connectivity index (χ2n) is 4.73. The Bertz CT molecular complexity index is 809. The summed E-state index contributed by atoms with van der Waals surface area (Å²) in [5.41, 5.74) is 2.34. The SMILES string of the molecule is O=S(=O)(Nc1ccc(F)cc1I)c1ccc2c(c1)NCC2. The minimum atomic E-state index is -3.69. The van der Waals surface area contributed by atoms with Gasteiger partial charge in [0, 0.05) is 15.8 Å². The van der Waals surface area contributed by atoms with Crippen molar-refractivity contribution in [1.82, 2.24) is 0 Å². The Morgan fingerprint density at radius 2 is 2.00 bits per heavy atom. The molecule has 0 amide bonds. The number of benzene rings is 2. The van der Waals surface area contributed by atoms with E-state index in [1.165, 1.54) is 18.2 Å². The van der Waals surface area contributed by atoms with Gasteiger partial charge in [0.25, 0.3) is 10.0 Å². The molecule has 0 aromatic heterocycles. The number of sulfonamides is 1. The zero-order valence-electron chi connectivity index (χ0n) is 10.9. The van der Waals surface area contributed by atoms with Crippen LogP contribution in [0.3, 0.4) is 0 Å². The van der Waals surface area contributed by atoms with Crippen molar-refractivity contribution >= 4 is 44.0 Å². The lowest BCUT2D eigenvalue weighted by Gasteiger charge is -2.11. The number of rotatable bonds is 3. The Labute approximate surface area is 136 Å². The molecule has 0 fully saturated rings. The molecule has 1 aliphatic heterocycles. The van der Waals surface area contributed by atoms with Gasteiger partial charge in [-0.3, -0.25) is 4.72 Å². The molecule has 2 N–H and O–H groups in total. The highest BCUT2D eigenvalue weighted by Crippen LogP contribution is 2.27. The molecule has 0 bridgehead atoms. The molecule has 1 aliphatic rings. The molecule has 1 heterocycles. The van der Waals surface area contributed by atoms with Gasteiger partial charge < -0.3 is 5.32 Å². The maximum atomic E-state index is 13.1. The van der Waals surface area contributed by atoms with Gasteiger partial charge in [-0.25, -0.2) is 12.8 Å². The first-order chi connectivity index (χ1) is 9.95. The highest BCUT2D eigenvalue weighted by molar-refractivity contribution is 14.1. The Hall–Kier alpha value is -1.35. The minimum absolute atomic E-state index is 0.191. The number of hydrogen-bond acceptors (Lipinski definition) is 3. The molecule has 7 heteroatoms. The Morgan fingerprint density at radius 1 is 1.19 bits per heavy atom. The molecule has 0 spiro atoms. The minimum Gasteiger partial charge on any atom is -0.384 e. The van der Waals surface area contributed by atoms with E-state index in [4.69, 9.17) is 0 Å². The van der Waals surface area contributed by atoms with Gasteiger partial charge in [-0.05, 0) is 64.9 Å². The van der Waals surface area contributed by atoms with E-state index < -0.39 is 15.8 Å². The summed E-state index contributed by atoms with van der Waals surface area (Å²) in [5, 5.41) is 3.15. The number of nitrogens with one attached hydrogen (secondary N) is 2. The fourth-order valence-electron chi connectivity index (χ4n) is 2.21. The van der Waals surface area contributed by atoms with Crippen molar-refractivity contribution in [1.29, 1.82) is 0 Å². The van der Waals surface area contributed by atoms with Crippen LogP contribution in [-0.2, 0) is 16.4 Å². The summed E-state index contributed by atoms with van der Waals surface area (Å²) in [6.07, 6.45) is 0.902. The topological polar surface area (TPSA) is 58.2 Å². The summed E-state index contributed by atoms with van der Waals surface area (Å²) in [6, 6.07) is 8.96. The van der Waals surface area contributed by atoms with Crippen LogP contribution in [0.15, 0.2) is 41.3 Å². The number of fused-ring (bicyclic) bond motifs is 1. The first-order valence-electron chi connectivity index (χ1n) is 6.30. The van der Waals surface area contributed by atoms with Gasteiger partial charge in [0.05, 0.1) is 10.6 Å². The molecule has 0 saturated heterocycles. The van der Waals surface area contributed by atoms with E-state index in [9.17, 15) is 12.8 Å². The Kier molecular flexibility index (Phi) is 3.78. The lowest BCUT2D eigenvalue weighted by Crippen LogP contribution is -2.14. The molecule has 21 heavy (non-hydrogen) atoms. The molecule has 0 unspecified atom stereocenters. The second kappa shape index (κ2) is 5.45. The van der Waals surface area contributed by atoms with Gasteiger partial charge in [-0.15, -0.1) is 0 Å². The monoisotopic (exact) mass is 418 g/mol. The van der Waals surface area contributed by atoms with Crippen molar-refractivity contribution in [2.45, 2.75) is 11.3 Å². The van der Waals surface area contributed by atoms with Gasteiger partial charge in [-0.2, -0.15) is 0 Å². The fraction of sp³-hybridized carbons (Fsp3) is 0.143. The van der Waals surface area contributed by atoms with Crippen LogP contribution in [-0.4, -0.2) is 15.0 Å². The molecule has 0 saturated carbocycles. The molecule has 2 aromatic rings. The van der Waals surface area contributed by atoms with Crippen molar-refractivity contribution in [3.8, 4) is 0 Å². The summed E-state index contributed by atoms with van der Waals surface area (Å²) in [4.78, 5) is 0.191. The maximum Gasteiger partial charge on any atom is 0.262 e. The molecule has 0 aliphatic carbocycles. The van der Waals surface area contributed by atoms with E-state index in [0.29, 0.717) is 9.26 Å². The van der Waals surface area contributed by atoms with Crippen LogP contribution >= 0.6 is 22.6 Å². The summed E-state index contributed by atoms with van der Waals surface area (Å²) < 4.78 is 40.9. The first-order valence-corrected chi connectivity index (χ1v) is 8.86. The Balaban J connectivity index is 1.93. The van der Waals surface area contributed by atoms with Gasteiger partial charge in [0.15, 0.2) is 0 Å². The highest BCUT2D eigenvalue weighted by Gasteiger charge is 2.19. The molecule has 2 aromatic carbocycles. The molecule has 3 rings (SSSR count). The van der Waals surface area contributed by atoms with Gasteiger partial charge >= 0.3 is 0 Å². The van der Waals surface area contributed by atoms with E-state index in [1.807, 2.05) is 28.7 Å². The molecule has 0 atom stereocenters. The number of halogens is 2. The van der Waals surface area contributed by atoms with Crippen molar-refractivity contribution in [2.24, 2.45) is 0 Å². The van der Waals surface area contributed by atoms with Crippen LogP contribution in [0.25, 0.3) is 0 Å². The molecule has 0 radical (unpaired) electrons. The quantitative estimate of drug-likeness (QED) is 0.753. The van der Waals surface area contributed by atoms with Crippen LogP contribution in [0.1, 0.15) is 5.56 Å². The lowest BCUT2D eigenvalue weighted by molar-refractivity contribution is 0.601. The third kappa shape index (κ3) is 2.98. The summed E-state index contributed by atoms with van der Waals surface area (Å²) in [7, 11) is -3.69. The predicted octanol–water partition coefficient (Wildman–Crippen LogP) is 3.20. The maximum absolute atomic E-state index is 13.1. The molecule has 4 nitrogen and oxygen atoms in total. The largest absolute Gasteiger partial charge is 0.384 e. The smallest absolute Gasteiger partial charge is 0.262 e. The Morgan fingerprint density at radius 3 is 2.76 bits per heavy atom. The van der Waals surface area contributed by atoms with Crippen LogP contribution in [0.5, 0.6) is 0 Å². The van der Waals surface area contributed by atoms with E-state index in [-0.39, 0.29) is 4.90 Å². The lowest BCUT2D eigenvalue weighted by atomic mass is 10.2. The summed E-state index contributed by atoms with van der Waals surface area (Å²) >= 11 is 1.90. The zero-order chi connectivity index (χ0) is 15.0. The van der Waals surface area contributed by atoms with Crippen molar-refractivity contribution < 1.29 is 12.8 Å². The van der Waals surface area contributed by atoms with Gasteiger partial charge in [0.2, 0.25) is 0 Å². The van der Waals surface area contributed by atoms with Crippen LogP contribution in [0.4, 0.5) is 15.8 Å². The predicted molar refractivity (Wildman–Crippen MR) is 88.6 cm³/mol. The number of hydrogen-bond donors (Lipinski definition) is 2. The summed E-state index contributed by atoms with van der Waals surface area (Å²) in [5.74, 6) is -0.399. The van der Waals surface area contributed by atoms with E-state index in [1.54, 1.807) is 12.1 Å². The zero-order valence-corrected chi connectivity index (χ0v) is 13.8. The molecular formula is C14H12FIN2O2S. The fourth-order valence-corrected chi connectivity index (χ4v) is 4.11. The third-order valence-corrected chi connectivity index (χ3v) is 5.53. The van der Waals surface area contributed by atoms with Crippen molar-refractivity contribution in [3.05, 3.63) is 51.3 Å². The van der Waals surface area contributed by atoms with Crippen LogP contribution in [0, 0.1) is 9.39 Å². The van der Waals surface area contributed by atoms with Crippen molar-refractivity contribution in [2.75, 3.05) is 16.6 Å². The van der Waals surface area contributed by atoms with Crippen LogP contribution in [0.2, 0.25) is 0 Å². The van der Waals surface area contributed by atoms with Crippen molar-refractivity contribution in [3.63, 3.8) is 0 Å². The van der Waals surface area contributed by atoms with Gasteiger partial charge in [0.1, 0.15) is 5.82 Å². The standard InChI is InChI=1S/C14H12FIN2O2S/c15-10-2-4-13(12(16)7-10)18-21(19,20)11-3-1-9-5-6-17-14(9)8-11/h1-4,7-8,17-18H,5-6H2. The average Bonchev–Trinajstić information content (AvgIpc) is 2.89. The normalized spacial score (nSPS) is 13.6. The van der Waals surface area contributed by atoms with Gasteiger partial charge in [-0.1, -0.05) is 6.07 Å². The third-order valence-electron chi connectivity index (χ3n) is 3.28. The molecular weight excluding hydrogens is 406 g/mol. The van der Waals surface area contributed by atoms with E-state index in [2.05, 4.69) is 10.0 Å². The van der Waals surface area contributed by atoms with E-state index >= 15 is 0 Å². The molecule has 110 valence electrons. The van der Waals surface area contributed by atoms with Crippen LogP contribution < -0.4 is 10.0 Å². The summed E-state index contributed by atoms with van der Waals surface area (Å²) in [6.45, 7) is 0.822. The number of anilines is 2. The van der Waals surface area contributed by atoms with E-state index in [0.717, 1.165) is 24.2 Å². The highest BCUT2D eigenvalue weighted by atomic mass is 127. The average molecular weight is 418 g/mol.